The molecule has 13 rings (SSSR count). The van der Waals surface area contributed by atoms with Crippen molar-refractivity contribution >= 4 is 98.7 Å². The van der Waals surface area contributed by atoms with Crippen LogP contribution in [0.5, 0.6) is 23.0 Å². The molecule has 0 spiro atoms. The lowest BCUT2D eigenvalue weighted by Gasteiger charge is -2.43. The minimum atomic E-state index is -0.00216. The molecule has 4 aliphatic heterocycles. The predicted molar refractivity (Wildman–Crippen MR) is 249 cm³/mol. The van der Waals surface area contributed by atoms with E-state index in [4.69, 9.17) is 18.9 Å². The minimum absolute atomic E-state index is 0.00216. The Morgan fingerprint density at radius 2 is 0.850 bits per heavy atom. The van der Waals surface area contributed by atoms with Gasteiger partial charge in [0.2, 0.25) is 0 Å². The summed E-state index contributed by atoms with van der Waals surface area (Å²) in [5, 5.41) is 2.48. The number of fused-ring (bicyclic) bond motifs is 10. The van der Waals surface area contributed by atoms with Gasteiger partial charge in [-0.2, -0.15) is 0 Å². The second kappa shape index (κ2) is 13.2. The van der Waals surface area contributed by atoms with Crippen LogP contribution in [0.2, 0.25) is 0 Å². The smallest absolute Gasteiger partial charge is 0.277 e. The molecule has 0 aliphatic carbocycles. The summed E-state index contributed by atoms with van der Waals surface area (Å²) >= 11 is 3.83. The van der Waals surface area contributed by atoms with Crippen LogP contribution in [0.15, 0.2) is 146 Å². The third-order valence-corrected chi connectivity index (χ3v) is 14.6. The molecule has 0 saturated carbocycles. The van der Waals surface area contributed by atoms with Crippen molar-refractivity contribution in [1.29, 1.82) is 0 Å². The van der Waals surface area contributed by atoms with E-state index in [1.165, 1.54) is 52.1 Å². The van der Waals surface area contributed by atoms with Crippen LogP contribution in [-0.2, 0) is 0 Å². The highest BCUT2D eigenvalue weighted by Crippen LogP contribution is 2.55. The van der Waals surface area contributed by atoms with Crippen LogP contribution in [0.1, 0.15) is 5.56 Å². The number of benzene rings is 7. The maximum absolute atomic E-state index is 6.37. The maximum atomic E-state index is 6.37. The molecule has 0 N–H and O–H groups in total. The number of hydrogen-bond acceptors (Lipinski definition) is 8. The lowest BCUT2D eigenvalue weighted by atomic mass is 9.39. The quantitative estimate of drug-likeness (QED) is 0.165. The average Bonchev–Trinajstić information content (AvgIpc) is 3.88. The van der Waals surface area contributed by atoms with Gasteiger partial charge >= 0.3 is 0 Å². The first-order chi connectivity index (χ1) is 29.7. The zero-order valence-corrected chi connectivity index (χ0v) is 34.2. The van der Waals surface area contributed by atoms with E-state index in [1.54, 1.807) is 0 Å². The zero-order chi connectivity index (χ0) is 39.5. The summed E-state index contributed by atoms with van der Waals surface area (Å²) in [6, 6.07) is 52.8. The highest BCUT2D eigenvalue weighted by molar-refractivity contribution is 7.40. The van der Waals surface area contributed by atoms with E-state index in [0.717, 1.165) is 68.0 Å². The molecule has 2 aromatic heterocycles. The highest BCUT2D eigenvalue weighted by Gasteiger charge is 2.48. The molecular weight excluding hydrogens is 780 g/mol. The molecule has 60 heavy (non-hydrogen) atoms. The normalized spacial score (nSPS) is 14.6. The summed E-state index contributed by atoms with van der Waals surface area (Å²) in [6.07, 6.45) is 0. The van der Waals surface area contributed by atoms with Crippen molar-refractivity contribution in [2.24, 2.45) is 0 Å². The first-order valence-corrected chi connectivity index (χ1v) is 22.1. The highest BCUT2D eigenvalue weighted by atomic mass is 32.1. The van der Waals surface area contributed by atoms with E-state index < -0.39 is 0 Å². The van der Waals surface area contributed by atoms with Gasteiger partial charge in [0.15, 0.2) is 23.0 Å². The molecule has 288 valence electrons. The Labute approximate surface area is 355 Å². The fourth-order valence-corrected chi connectivity index (χ4v) is 12.4. The lowest BCUT2D eigenvalue weighted by molar-refractivity contribution is 0.172. The molecule has 0 atom stereocenters. The zero-order valence-electron chi connectivity index (χ0n) is 32.6. The van der Waals surface area contributed by atoms with Crippen LogP contribution in [0.4, 0.5) is 34.1 Å². The van der Waals surface area contributed by atoms with Gasteiger partial charge in [-0.1, -0.05) is 97.1 Å². The van der Waals surface area contributed by atoms with Crippen molar-refractivity contribution in [1.82, 2.24) is 0 Å². The van der Waals surface area contributed by atoms with E-state index >= 15 is 0 Å². The van der Waals surface area contributed by atoms with Crippen molar-refractivity contribution in [2.75, 3.05) is 36.2 Å². The van der Waals surface area contributed by atoms with Crippen LogP contribution in [-0.4, -0.2) is 33.1 Å². The van der Waals surface area contributed by atoms with Crippen molar-refractivity contribution in [3.63, 3.8) is 0 Å². The number of hydrogen-bond donors (Lipinski definition) is 0. The summed E-state index contributed by atoms with van der Waals surface area (Å²) in [6.45, 7) is 4.29. The molecule has 4 aliphatic rings. The second-order valence-corrected chi connectivity index (χ2v) is 17.9. The van der Waals surface area contributed by atoms with Crippen LogP contribution >= 0.6 is 22.7 Å². The van der Waals surface area contributed by atoms with Crippen molar-refractivity contribution in [3.8, 4) is 45.3 Å². The molecule has 7 aromatic carbocycles. The molecule has 0 saturated heterocycles. The molecule has 6 nitrogen and oxygen atoms in total. The summed E-state index contributed by atoms with van der Waals surface area (Å²) in [4.78, 5) is 5.07. The number of ether oxygens (including phenoxy) is 4. The van der Waals surface area contributed by atoms with Gasteiger partial charge < -0.3 is 28.7 Å². The standard InChI is InChI=1S/C51H35BN2O4S2/c1-30-24-39-47-40(25-30)54(38-29-44-42(56-21-23-58-44)27-36(38)32-14-6-3-7-15-32)49-34-17-9-11-19-46(34)60-51(49)52(47)50-48(33-16-8-10-18-45(33)59-50)53(39)37-28-43-41(55-20-22-57-43)26-35(37)31-12-4-2-5-13-31/h2-19,24-29H,20-23H2,1H3. The molecule has 9 aromatic rings. The monoisotopic (exact) mass is 814 g/mol. The third kappa shape index (κ3) is 4.99. The Balaban J connectivity index is 1.17. The Morgan fingerprint density at radius 3 is 1.30 bits per heavy atom. The Bertz CT molecular complexity index is 3010. The van der Waals surface area contributed by atoms with Gasteiger partial charge in [-0.05, 0) is 65.5 Å². The number of aryl methyl sites for hydroxylation is 1. The fourth-order valence-electron chi connectivity index (χ4n) is 9.73. The summed E-state index contributed by atoms with van der Waals surface area (Å²) in [7, 11) is 0. The van der Waals surface area contributed by atoms with Crippen molar-refractivity contribution in [3.05, 3.63) is 151 Å². The predicted octanol–water partition coefficient (Wildman–Crippen LogP) is 11.4. The van der Waals surface area contributed by atoms with Crippen LogP contribution in [0.3, 0.4) is 0 Å². The van der Waals surface area contributed by atoms with E-state index in [9.17, 15) is 0 Å². The SMILES string of the molecule is Cc1cc2c3c(c1)N(c1cc4c(cc1-c1ccccc1)OCCO4)c1c(sc4ccccc14)B3c1sc3ccccc3c1N2c1cc2c(cc1-c1ccccc1)OCCO2. The summed E-state index contributed by atoms with van der Waals surface area (Å²) in [5.41, 5.74) is 13.7. The van der Waals surface area contributed by atoms with Crippen LogP contribution < -0.4 is 43.8 Å². The Kier molecular flexibility index (Phi) is 7.51. The van der Waals surface area contributed by atoms with Gasteiger partial charge in [-0.25, -0.2) is 0 Å². The van der Waals surface area contributed by atoms with Gasteiger partial charge in [-0.15, -0.1) is 22.7 Å². The largest absolute Gasteiger partial charge is 0.486 e. The molecule has 0 bridgehead atoms. The van der Waals surface area contributed by atoms with Gasteiger partial charge in [0.1, 0.15) is 26.4 Å². The van der Waals surface area contributed by atoms with Crippen molar-refractivity contribution < 1.29 is 18.9 Å². The molecular formula is C51H35BN2O4S2. The van der Waals surface area contributed by atoms with Gasteiger partial charge in [0.25, 0.3) is 6.71 Å². The molecule has 6 heterocycles. The first-order valence-electron chi connectivity index (χ1n) is 20.4. The molecule has 0 amide bonds. The minimum Gasteiger partial charge on any atom is -0.486 e. The van der Waals surface area contributed by atoms with Gasteiger partial charge in [0, 0.05) is 64.4 Å². The number of anilines is 6. The van der Waals surface area contributed by atoms with E-state index in [2.05, 4.69) is 162 Å². The van der Waals surface area contributed by atoms with E-state index in [0.29, 0.717) is 26.4 Å². The maximum Gasteiger partial charge on any atom is 0.277 e. The number of thiophene rings is 2. The fraction of sp³-hybridized carbons (Fsp3) is 0.0980. The molecule has 9 heteroatoms. The Morgan fingerprint density at radius 1 is 0.450 bits per heavy atom. The second-order valence-electron chi connectivity index (χ2n) is 15.7. The topological polar surface area (TPSA) is 43.4 Å². The number of rotatable bonds is 4. The molecule has 0 radical (unpaired) electrons. The number of nitrogens with zero attached hydrogens (tertiary/aromatic N) is 2. The summed E-state index contributed by atoms with van der Waals surface area (Å²) in [5.74, 6) is 3.07. The average molecular weight is 815 g/mol. The Hall–Kier alpha value is -6.68. The third-order valence-electron chi connectivity index (χ3n) is 12.2. The van der Waals surface area contributed by atoms with Gasteiger partial charge in [-0.3, -0.25) is 0 Å². The van der Waals surface area contributed by atoms with Crippen LogP contribution in [0, 0.1) is 6.92 Å². The van der Waals surface area contributed by atoms with E-state index in [1.807, 2.05) is 22.7 Å². The lowest BCUT2D eigenvalue weighted by Crippen LogP contribution is -2.59. The molecule has 0 unspecified atom stereocenters. The van der Waals surface area contributed by atoms with Crippen molar-refractivity contribution in [2.45, 2.75) is 6.92 Å². The van der Waals surface area contributed by atoms with Gasteiger partial charge in [0.05, 0.1) is 22.7 Å². The van der Waals surface area contributed by atoms with Crippen LogP contribution in [0.25, 0.3) is 42.4 Å². The molecule has 0 fully saturated rings. The van der Waals surface area contributed by atoms with E-state index in [-0.39, 0.29) is 6.71 Å². The summed E-state index contributed by atoms with van der Waals surface area (Å²) < 4.78 is 30.4. The first kappa shape index (κ1) is 34.2.